The van der Waals surface area contributed by atoms with Gasteiger partial charge in [-0.1, -0.05) is 60.8 Å². The van der Waals surface area contributed by atoms with Gasteiger partial charge in [0.2, 0.25) is 0 Å². The van der Waals surface area contributed by atoms with Gasteiger partial charge in [-0.25, -0.2) is 0 Å². The molecule has 0 saturated heterocycles. The minimum atomic E-state index is 0. The number of hydrogen-bond acceptors (Lipinski definition) is 0. The van der Waals surface area contributed by atoms with Gasteiger partial charge in [0.05, 0.1) is 0 Å². The van der Waals surface area contributed by atoms with E-state index in [2.05, 4.69) is 84.9 Å². The van der Waals surface area contributed by atoms with Crippen molar-refractivity contribution in [2.75, 3.05) is 0 Å². The summed E-state index contributed by atoms with van der Waals surface area (Å²) in [5.41, 5.74) is 5.63. The number of aromatic amines is 1. The van der Waals surface area contributed by atoms with Crippen molar-refractivity contribution in [2.45, 2.75) is 66.2 Å². The van der Waals surface area contributed by atoms with E-state index in [4.69, 9.17) is 0 Å². The third kappa shape index (κ3) is 8.88. The van der Waals surface area contributed by atoms with Crippen LogP contribution in [-0.2, 0) is 37.0 Å². The summed E-state index contributed by atoms with van der Waals surface area (Å²) in [6.45, 7) is 17.6. The Bertz CT molecular complexity index is 521. The molecule has 0 radical (unpaired) electrons. The number of rotatable bonds is 0. The topological polar surface area (TPSA) is 15.8 Å². The maximum absolute atomic E-state index is 3.23. The Morgan fingerprint density at radius 2 is 1.50 bits per heavy atom. The zero-order chi connectivity index (χ0) is 16.3. The van der Waals surface area contributed by atoms with E-state index in [1.807, 2.05) is 12.2 Å². The second-order valence-electron chi connectivity index (χ2n) is 7.79. The summed E-state index contributed by atoms with van der Waals surface area (Å²) in [4.78, 5) is 3.09. The standard InChI is InChI=1S/C12H20N.C8H9.2ClH.Zr/c1-11(2,3)9-7-13-8-10(9)12(4,5)6;1-7(2)8-5-3-4-6-8;;;/h7,13H,1-6H3;3-5H,1-2H3;2*1H;/q2*-1;;;+4/p-2. The molecule has 1 aliphatic rings. The van der Waals surface area contributed by atoms with Crippen molar-refractivity contribution in [3.05, 3.63) is 59.0 Å². The minimum absolute atomic E-state index is 0. The molecule has 0 atom stereocenters. The molecule has 0 aliphatic heterocycles. The molecule has 1 aliphatic carbocycles. The summed E-state index contributed by atoms with van der Waals surface area (Å²) in [7, 11) is 0. The number of H-pyrrole nitrogens is 1. The van der Waals surface area contributed by atoms with Gasteiger partial charge < -0.3 is 29.8 Å². The fraction of sp³-hybridized carbons (Fsp3) is 0.500. The zero-order valence-electron chi connectivity index (χ0n) is 16.1. The predicted octanol–water partition coefficient (Wildman–Crippen LogP) is -0.333. The molecule has 0 amide bonds. The molecule has 1 nitrogen and oxygen atoms in total. The van der Waals surface area contributed by atoms with Crippen molar-refractivity contribution >= 4 is 0 Å². The average Bonchev–Trinajstić information content (AvgIpc) is 3.00. The first-order valence-corrected chi connectivity index (χ1v) is 7.57. The van der Waals surface area contributed by atoms with Crippen LogP contribution in [0.25, 0.3) is 0 Å². The number of nitrogens with one attached hydrogen (secondary N) is 1. The molecule has 24 heavy (non-hydrogen) atoms. The van der Waals surface area contributed by atoms with Gasteiger partial charge in [-0.2, -0.15) is 29.4 Å². The molecule has 0 aromatic carbocycles. The van der Waals surface area contributed by atoms with Crippen molar-refractivity contribution in [2.24, 2.45) is 0 Å². The van der Waals surface area contributed by atoms with E-state index in [9.17, 15) is 0 Å². The Hall–Kier alpha value is -0.0369. The maximum Gasteiger partial charge on any atom is 4.00 e. The molecular weight excluding hydrogens is 416 g/mol. The van der Waals surface area contributed by atoms with Crippen LogP contribution in [0.15, 0.2) is 35.6 Å². The van der Waals surface area contributed by atoms with Gasteiger partial charge >= 0.3 is 26.2 Å². The third-order valence-corrected chi connectivity index (χ3v) is 3.38. The number of hydrogen-bond donors (Lipinski definition) is 1. The van der Waals surface area contributed by atoms with E-state index in [1.54, 1.807) is 0 Å². The van der Waals surface area contributed by atoms with Crippen LogP contribution < -0.4 is 24.8 Å². The van der Waals surface area contributed by atoms with Crippen LogP contribution >= 0.6 is 0 Å². The smallest absolute Gasteiger partial charge is 1.00 e. The quantitative estimate of drug-likeness (QED) is 0.527. The molecule has 0 spiro atoms. The molecule has 0 fully saturated rings. The molecule has 1 N–H and O–H groups in total. The molecule has 1 aromatic rings. The number of allylic oxidation sites excluding steroid dienone is 6. The molecule has 4 heteroatoms. The third-order valence-electron chi connectivity index (χ3n) is 3.38. The van der Waals surface area contributed by atoms with Crippen molar-refractivity contribution in [1.82, 2.24) is 4.98 Å². The van der Waals surface area contributed by atoms with E-state index in [-0.39, 0.29) is 61.8 Å². The maximum atomic E-state index is 3.23. The summed E-state index contributed by atoms with van der Waals surface area (Å²) < 4.78 is 0. The van der Waals surface area contributed by atoms with Crippen LogP contribution in [0.2, 0.25) is 0 Å². The fourth-order valence-corrected chi connectivity index (χ4v) is 2.14. The summed E-state index contributed by atoms with van der Waals surface area (Å²) in [5, 5.41) is 0. The van der Waals surface area contributed by atoms with E-state index in [0.29, 0.717) is 0 Å². The first kappa shape index (κ1) is 28.8. The normalized spacial score (nSPS) is 12.4. The minimum Gasteiger partial charge on any atom is -1.00 e. The average molecular weight is 446 g/mol. The summed E-state index contributed by atoms with van der Waals surface area (Å²) in [5.74, 6) is 0. The van der Waals surface area contributed by atoms with Crippen molar-refractivity contribution in [3.63, 3.8) is 0 Å². The fourth-order valence-electron chi connectivity index (χ4n) is 2.14. The molecule has 1 heterocycles. The number of aromatic nitrogens is 1. The van der Waals surface area contributed by atoms with Gasteiger partial charge in [-0.05, 0) is 5.41 Å². The summed E-state index contributed by atoms with van der Waals surface area (Å²) >= 11 is 0. The molecule has 2 rings (SSSR count). The molecule has 0 bridgehead atoms. The monoisotopic (exact) mass is 443 g/mol. The van der Waals surface area contributed by atoms with Crippen LogP contribution in [0.1, 0.15) is 66.5 Å². The SMILES string of the molecule is CC(C)(C)c1[c-][nH]cc1C(C)(C)C.CC(C)=C1[C-]=CC=C1.[Cl-].[Cl-].[Zr+4]. The van der Waals surface area contributed by atoms with E-state index >= 15 is 0 Å². The molecule has 132 valence electrons. The predicted molar refractivity (Wildman–Crippen MR) is 92.4 cm³/mol. The Labute approximate surface area is 180 Å². The molecular formula is C20H29Cl2NZr. The Balaban J connectivity index is -0.000000353. The van der Waals surface area contributed by atoms with Gasteiger partial charge in [0.1, 0.15) is 0 Å². The van der Waals surface area contributed by atoms with Crippen LogP contribution in [0.3, 0.4) is 0 Å². The molecule has 0 unspecified atom stereocenters. The zero-order valence-corrected chi connectivity index (χ0v) is 20.0. The van der Waals surface area contributed by atoms with Crippen LogP contribution in [0.4, 0.5) is 0 Å². The molecule has 0 saturated carbocycles. The second-order valence-corrected chi connectivity index (χ2v) is 7.79. The van der Waals surface area contributed by atoms with Crippen molar-refractivity contribution in [3.8, 4) is 0 Å². The van der Waals surface area contributed by atoms with Gasteiger partial charge in [-0.3, -0.25) is 0 Å². The van der Waals surface area contributed by atoms with Crippen LogP contribution in [0, 0.1) is 12.3 Å². The van der Waals surface area contributed by atoms with Gasteiger partial charge in [0, 0.05) is 0 Å². The van der Waals surface area contributed by atoms with Crippen LogP contribution in [-0.4, -0.2) is 4.98 Å². The van der Waals surface area contributed by atoms with Gasteiger partial charge in [0.25, 0.3) is 0 Å². The Kier molecular flexibility index (Phi) is 13.8. The van der Waals surface area contributed by atoms with E-state index < -0.39 is 0 Å². The molecule has 1 aromatic heterocycles. The van der Waals surface area contributed by atoms with E-state index in [1.165, 1.54) is 22.3 Å². The van der Waals surface area contributed by atoms with Crippen molar-refractivity contribution in [1.29, 1.82) is 0 Å². The first-order valence-electron chi connectivity index (χ1n) is 7.57. The van der Waals surface area contributed by atoms with Crippen molar-refractivity contribution < 1.29 is 51.0 Å². The second kappa shape index (κ2) is 11.6. The first-order chi connectivity index (χ1) is 9.53. The van der Waals surface area contributed by atoms with Gasteiger partial charge in [-0.15, -0.1) is 29.6 Å². The summed E-state index contributed by atoms with van der Waals surface area (Å²) in [6, 6.07) is 0. The van der Waals surface area contributed by atoms with Crippen LogP contribution in [0.5, 0.6) is 0 Å². The van der Waals surface area contributed by atoms with Gasteiger partial charge in [0.15, 0.2) is 0 Å². The largest absolute Gasteiger partial charge is 4.00 e. The Morgan fingerprint density at radius 1 is 0.958 bits per heavy atom. The summed E-state index contributed by atoms with van der Waals surface area (Å²) in [6.07, 6.45) is 14.4. The van der Waals surface area contributed by atoms with E-state index in [0.717, 1.165) is 0 Å². The number of halogens is 2. The Morgan fingerprint density at radius 3 is 1.75 bits per heavy atom.